The maximum absolute atomic E-state index is 13.0. The third-order valence-corrected chi connectivity index (χ3v) is 14.2. The number of unbranched alkanes of at least 4 members (excludes halogenated alkanes) is 18. The fourth-order valence-electron chi connectivity index (χ4n) is 10.0. The second-order valence-electron chi connectivity index (χ2n) is 19.6. The topological polar surface area (TPSA) is 99.1 Å². The molecule has 0 radical (unpaired) electrons. The molecule has 0 aromatic carbocycles. The van der Waals surface area contributed by atoms with Crippen molar-refractivity contribution in [3.8, 4) is 0 Å². The van der Waals surface area contributed by atoms with Crippen LogP contribution in [0.2, 0.25) is 0 Å². The molecule has 60 heavy (non-hydrogen) atoms. The second-order valence-corrected chi connectivity index (χ2v) is 19.6. The number of esters is 3. The third-order valence-electron chi connectivity index (χ3n) is 14.2. The van der Waals surface area contributed by atoms with Crippen molar-refractivity contribution in [1.82, 2.24) is 0 Å². The first-order chi connectivity index (χ1) is 29.3. The number of aliphatic hydroxyl groups is 1. The molecule has 0 aromatic heterocycles. The van der Waals surface area contributed by atoms with Gasteiger partial charge in [0.2, 0.25) is 0 Å². The van der Waals surface area contributed by atoms with Gasteiger partial charge in [-0.05, 0) is 86.9 Å². The zero-order chi connectivity index (χ0) is 43.0. The number of hydrogen-bond acceptors (Lipinski definition) is 7. The van der Waals surface area contributed by atoms with E-state index in [1.54, 1.807) is 0 Å². The molecular weight excluding hydrogens is 749 g/mol. The minimum absolute atomic E-state index is 0.0423. The summed E-state index contributed by atoms with van der Waals surface area (Å²) in [7, 11) is 0. The van der Waals surface area contributed by atoms with Crippen molar-refractivity contribution in [3.05, 3.63) is 12.2 Å². The lowest BCUT2D eigenvalue weighted by Gasteiger charge is -2.21. The van der Waals surface area contributed by atoms with Gasteiger partial charge in [-0.1, -0.05) is 187 Å². The molecule has 0 aliphatic heterocycles. The Hall–Kier alpha value is -1.89. The summed E-state index contributed by atoms with van der Waals surface area (Å²) in [4.78, 5) is 38.6. The van der Waals surface area contributed by atoms with Gasteiger partial charge in [-0.2, -0.15) is 0 Å². The van der Waals surface area contributed by atoms with Crippen LogP contribution in [0.15, 0.2) is 12.2 Å². The molecule has 3 aliphatic rings. The van der Waals surface area contributed by atoms with E-state index in [0.29, 0.717) is 19.3 Å². The Morgan fingerprint density at radius 3 is 1.43 bits per heavy atom. The van der Waals surface area contributed by atoms with Crippen LogP contribution in [-0.4, -0.2) is 48.4 Å². The maximum atomic E-state index is 13.0. The molecule has 1 N–H and O–H groups in total. The van der Waals surface area contributed by atoms with Gasteiger partial charge in [-0.15, -0.1) is 0 Å². The molecule has 8 unspecified atom stereocenters. The predicted molar refractivity (Wildman–Crippen MR) is 247 cm³/mol. The van der Waals surface area contributed by atoms with E-state index in [0.717, 1.165) is 81.5 Å². The summed E-state index contributed by atoms with van der Waals surface area (Å²) in [5.41, 5.74) is 0. The van der Waals surface area contributed by atoms with Crippen molar-refractivity contribution < 1.29 is 33.7 Å². The summed E-state index contributed by atoms with van der Waals surface area (Å²) in [6.45, 7) is 6.41. The van der Waals surface area contributed by atoms with E-state index < -0.39 is 12.2 Å². The van der Waals surface area contributed by atoms with Crippen LogP contribution < -0.4 is 0 Å². The van der Waals surface area contributed by atoms with Crippen LogP contribution >= 0.6 is 0 Å². The first-order valence-corrected chi connectivity index (χ1v) is 26.2. The van der Waals surface area contributed by atoms with Gasteiger partial charge in [0.25, 0.3) is 0 Å². The molecule has 0 saturated heterocycles. The maximum Gasteiger partial charge on any atom is 0.306 e. The second kappa shape index (κ2) is 33.6. The quantitative estimate of drug-likeness (QED) is 0.0284. The Balaban J connectivity index is 1.28. The molecule has 0 bridgehead atoms. The SMILES string of the molecule is CC/C=C\CC1C(O)CCC1CC(=O)OCC(COC(=O)CCCCCCCC1CC1CCCCCCCC)OC(=O)CCCCCCCC1CC1CCCCCCCC. The molecule has 3 rings (SSSR count). The van der Waals surface area contributed by atoms with Crippen LogP contribution in [0.4, 0.5) is 0 Å². The van der Waals surface area contributed by atoms with Crippen molar-refractivity contribution in [3.63, 3.8) is 0 Å². The van der Waals surface area contributed by atoms with Gasteiger partial charge < -0.3 is 19.3 Å². The van der Waals surface area contributed by atoms with Gasteiger partial charge >= 0.3 is 17.9 Å². The molecule has 3 fully saturated rings. The zero-order valence-corrected chi connectivity index (χ0v) is 39.3. The molecule has 0 aromatic rings. The normalized spacial score (nSPS) is 23.8. The average molecular weight is 843 g/mol. The van der Waals surface area contributed by atoms with Gasteiger partial charge in [0, 0.05) is 19.3 Å². The van der Waals surface area contributed by atoms with Crippen LogP contribution in [0.25, 0.3) is 0 Å². The number of rotatable bonds is 40. The van der Waals surface area contributed by atoms with E-state index in [-0.39, 0.29) is 49.4 Å². The molecular formula is C53H94O7. The van der Waals surface area contributed by atoms with Gasteiger partial charge in [-0.3, -0.25) is 14.4 Å². The number of carbonyl (C=O) groups excluding carboxylic acids is 3. The summed E-state index contributed by atoms with van der Waals surface area (Å²) in [6.07, 6.45) is 43.1. The highest BCUT2D eigenvalue weighted by Crippen LogP contribution is 2.46. The lowest BCUT2D eigenvalue weighted by molar-refractivity contribution is -0.167. The van der Waals surface area contributed by atoms with Crippen LogP contribution in [0.3, 0.4) is 0 Å². The smallest absolute Gasteiger partial charge is 0.306 e. The fraction of sp³-hybridized carbons (Fsp3) is 0.906. The number of hydrogen-bond donors (Lipinski definition) is 1. The van der Waals surface area contributed by atoms with E-state index in [1.165, 1.54) is 141 Å². The first kappa shape index (κ1) is 52.5. The standard InChI is InChI=1S/C53H94O7/c1-4-7-10-12-16-23-29-43-38-45(43)31-25-18-14-20-27-34-51(55)58-41-48(42-59-53(57)40-47-36-37-50(54)49(47)33-22-9-6-3)60-52(56)35-28-21-15-19-26-32-46-39-44(46)30-24-17-13-11-8-5-2/h9,22,43-50,54H,4-8,10-21,23-42H2,1-3H3/b22-9-. The Morgan fingerprint density at radius 2 is 0.950 bits per heavy atom. The molecule has 3 aliphatic carbocycles. The summed E-state index contributed by atoms with van der Waals surface area (Å²) in [5, 5.41) is 10.5. The van der Waals surface area contributed by atoms with Gasteiger partial charge in [0.15, 0.2) is 6.10 Å². The molecule has 8 atom stereocenters. The number of ether oxygens (including phenoxy) is 3. The van der Waals surface area contributed by atoms with Crippen molar-refractivity contribution in [2.75, 3.05) is 13.2 Å². The number of carbonyl (C=O) groups is 3. The van der Waals surface area contributed by atoms with Crippen LogP contribution in [0, 0.1) is 35.5 Å². The first-order valence-electron chi connectivity index (χ1n) is 26.2. The van der Waals surface area contributed by atoms with E-state index in [9.17, 15) is 19.5 Å². The monoisotopic (exact) mass is 843 g/mol. The molecule has 3 saturated carbocycles. The highest BCUT2D eigenvalue weighted by atomic mass is 16.6. The number of aliphatic hydroxyl groups excluding tert-OH is 1. The van der Waals surface area contributed by atoms with Crippen molar-refractivity contribution in [2.45, 2.75) is 258 Å². The molecule has 348 valence electrons. The zero-order valence-electron chi connectivity index (χ0n) is 39.3. The molecule has 0 amide bonds. The summed E-state index contributed by atoms with van der Waals surface area (Å²) in [5.74, 6) is 3.02. The third kappa shape index (κ3) is 25.3. The van der Waals surface area contributed by atoms with Gasteiger partial charge in [0.1, 0.15) is 13.2 Å². The predicted octanol–water partition coefficient (Wildman–Crippen LogP) is 14.4. The van der Waals surface area contributed by atoms with Gasteiger partial charge in [0.05, 0.1) is 6.10 Å². The minimum Gasteiger partial charge on any atom is -0.462 e. The van der Waals surface area contributed by atoms with Crippen molar-refractivity contribution >= 4 is 17.9 Å². The Labute approximate surface area is 369 Å². The lowest BCUT2D eigenvalue weighted by atomic mass is 9.89. The van der Waals surface area contributed by atoms with Crippen LogP contribution in [-0.2, 0) is 28.6 Å². The van der Waals surface area contributed by atoms with E-state index >= 15 is 0 Å². The van der Waals surface area contributed by atoms with Crippen LogP contribution in [0.5, 0.6) is 0 Å². The van der Waals surface area contributed by atoms with Crippen LogP contribution in [0.1, 0.15) is 245 Å². The summed E-state index contributed by atoms with van der Waals surface area (Å²) >= 11 is 0. The summed E-state index contributed by atoms with van der Waals surface area (Å²) < 4.78 is 17.0. The molecule has 0 heterocycles. The highest BCUT2D eigenvalue weighted by molar-refractivity contribution is 5.71. The largest absolute Gasteiger partial charge is 0.462 e. The van der Waals surface area contributed by atoms with Gasteiger partial charge in [-0.25, -0.2) is 0 Å². The Morgan fingerprint density at radius 1 is 0.517 bits per heavy atom. The fourth-order valence-corrected chi connectivity index (χ4v) is 10.0. The molecule has 0 spiro atoms. The Bertz CT molecular complexity index is 1140. The Kier molecular flexibility index (Phi) is 29.4. The number of allylic oxidation sites excluding steroid dienone is 2. The molecule has 7 nitrogen and oxygen atoms in total. The summed E-state index contributed by atoms with van der Waals surface area (Å²) in [6, 6.07) is 0. The van der Waals surface area contributed by atoms with Crippen molar-refractivity contribution in [1.29, 1.82) is 0 Å². The average Bonchev–Trinajstić information content (AvgIpc) is 4.15. The highest BCUT2D eigenvalue weighted by Gasteiger charge is 2.37. The van der Waals surface area contributed by atoms with Crippen molar-refractivity contribution in [2.24, 2.45) is 35.5 Å². The van der Waals surface area contributed by atoms with E-state index in [1.807, 2.05) is 0 Å². The minimum atomic E-state index is -0.821. The van der Waals surface area contributed by atoms with E-state index in [4.69, 9.17) is 14.2 Å². The molecule has 7 heteroatoms. The van der Waals surface area contributed by atoms with E-state index in [2.05, 4.69) is 32.9 Å². The lowest BCUT2D eigenvalue weighted by Crippen LogP contribution is -2.31.